The number of rotatable bonds is 5. The molecule has 0 aliphatic rings. The van der Waals surface area contributed by atoms with Gasteiger partial charge in [-0.1, -0.05) is 13.0 Å². The van der Waals surface area contributed by atoms with Gasteiger partial charge in [0.15, 0.2) is 0 Å². The number of fused-ring (bicyclic) bond motifs is 1. The predicted molar refractivity (Wildman–Crippen MR) is 84.7 cm³/mol. The molecule has 0 aliphatic heterocycles. The molecule has 21 heavy (non-hydrogen) atoms. The van der Waals surface area contributed by atoms with Crippen molar-refractivity contribution in [3.63, 3.8) is 0 Å². The Balaban J connectivity index is 1.98. The maximum absolute atomic E-state index is 11.5. The minimum atomic E-state index is -0.127. The van der Waals surface area contributed by atoms with Gasteiger partial charge >= 0.3 is 6.03 Å². The van der Waals surface area contributed by atoms with E-state index < -0.39 is 0 Å². The first kappa shape index (κ1) is 15.1. The molecule has 1 aromatic carbocycles. The van der Waals surface area contributed by atoms with Crippen molar-refractivity contribution in [1.29, 1.82) is 0 Å². The van der Waals surface area contributed by atoms with Crippen LogP contribution < -0.4 is 16.2 Å². The van der Waals surface area contributed by atoms with Crippen molar-refractivity contribution >= 4 is 16.9 Å². The van der Waals surface area contributed by atoms with Gasteiger partial charge in [0.05, 0.1) is 0 Å². The largest absolute Gasteiger partial charge is 0.338 e. The normalized spacial score (nSPS) is 10.6. The maximum atomic E-state index is 11.5. The summed E-state index contributed by atoms with van der Waals surface area (Å²) in [5.41, 5.74) is 2.62. The topological polar surface area (TPSA) is 74.0 Å². The third kappa shape index (κ3) is 4.08. The highest BCUT2D eigenvalue weighted by Gasteiger charge is 2.02. The first-order valence-corrected chi connectivity index (χ1v) is 7.24. The average Bonchev–Trinajstić information content (AvgIpc) is 2.46. The molecule has 0 unspecified atom stereocenters. The van der Waals surface area contributed by atoms with Crippen LogP contribution in [-0.4, -0.2) is 24.1 Å². The van der Waals surface area contributed by atoms with E-state index in [0.29, 0.717) is 18.7 Å². The number of aromatic amines is 1. The fraction of sp³-hybridized carbons (Fsp3) is 0.375. The van der Waals surface area contributed by atoms with E-state index in [-0.39, 0.29) is 11.6 Å². The second-order valence-corrected chi connectivity index (χ2v) is 5.14. The molecule has 2 aromatic rings. The number of urea groups is 1. The highest BCUT2D eigenvalue weighted by Crippen LogP contribution is 2.13. The maximum Gasteiger partial charge on any atom is 0.314 e. The second kappa shape index (κ2) is 6.92. The second-order valence-electron chi connectivity index (χ2n) is 5.14. The summed E-state index contributed by atoms with van der Waals surface area (Å²) in [7, 11) is 0. The molecule has 0 atom stereocenters. The molecule has 2 rings (SSSR count). The summed E-state index contributed by atoms with van der Waals surface area (Å²) in [6, 6.07) is 7.68. The summed E-state index contributed by atoms with van der Waals surface area (Å²) in [6.45, 7) is 5.09. The van der Waals surface area contributed by atoms with Crippen LogP contribution in [-0.2, 0) is 6.42 Å². The lowest BCUT2D eigenvalue weighted by Crippen LogP contribution is -2.36. The van der Waals surface area contributed by atoms with E-state index in [1.165, 1.54) is 0 Å². The van der Waals surface area contributed by atoms with Gasteiger partial charge < -0.3 is 15.6 Å². The van der Waals surface area contributed by atoms with E-state index >= 15 is 0 Å². The minimum Gasteiger partial charge on any atom is -0.338 e. The number of hydrogen-bond acceptors (Lipinski definition) is 2. The Morgan fingerprint density at radius 3 is 2.71 bits per heavy atom. The number of aryl methyl sites for hydroxylation is 1. The van der Waals surface area contributed by atoms with Gasteiger partial charge in [-0.05, 0) is 48.9 Å². The van der Waals surface area contributed by atoms with Gasteiger partial charge in [-0.2, -0.15) is 0 Å². The lowest BCUT2D eigenvalue weighted by Gasteiger charge is -2.07. The van der Waals surface area contributed by atoms with Crippen LogP contribution in [0.15, 0.2) is 29.1 Å². The zero-order valence-corrected chi connectivity index (χ0v) is 12.5. The van der Waals surface area contributed by atoms with Gasteiger partial charge in [0.1, 0.15) is 0 Å². The van der Waals surface area contributed by atoms with Crippen molar-refractivity contribution in [2.45, 2.75) is 26.7 Å². The lowest BCUT2D eigenvalue weighted by molar-refractivity contribution is 0.241. The van der Waals surface area contributed by atoms with Gasteiger partial charge in [0.25, 0.3) is 5.56 Å². The average molecular weight is 287 g/mol. The summed E-state index contributed by atoms with van der Waals surface area (Å²) in [4.78, 5) is 25.8. The van der Waals surface area contributed by atoms with E-state index in [1.807, 2.05) is 31.2 Å². The van der Waals surface area contributed by atoms with Gasteiger partial charge in [-0.25, -0.2) is 4.79 Å². The molecule has 0 fully saturated rings. The number of amides is 2. The Labute approximate surface area is 123 Å². The zero-order valence-electron chi connectivity index (χ0n) is 12.5. The smallest absolute Gasteiger partial charge is 0.314 e. The van der Waals surface area contributed by atoms with E-state index in [2.05, 4.69) is 15.6 Å². The summed E-state index contributed by atoms with van der Waals surface area (Å²) in [5.74, 6) is 0. The summed E-state index contributed by atoms with van der Waals surface area (Å²) in [5, 5.41) is 6.61. The Morgan fingerprint density at radius 1 is 1.19 bits per heavy atom. The fourth-order valence-electron chi connectivity index (χ4n) is 2.14. The van der Waals surface area contributed by atoms with Crippen molar-refractivity contribution in [1.82, 2.24) is 15.6 Å². The van der Waals surface area contributed by atoms with Crippen LogP contribution in [0.25, 0.3) is 10.9 Å². The van der Waals surface area contributed by atoms with Gasteiger partial charge in [0, 0.05) is 24.2 Å². The quantitative estimate of drug-likeness (QED) is 0.787. The molecule has 0 radical (unpaired) electrons. The molecule has 112 valence electrons. The Morgan fingerprint density at radius 2 is 1.95 bits per heavy atom. The number of benzene rings is 1. The summed E-state index contributed by atoms with van der Waals surface area (Å²) in [6.07, 6.45) is 1.68. The van der Waals surface area contributed by atoms with Crippen molar-refractivity contribution in [2.24, 2.45) is 0 Å². The van der Waals surface area contributed by atoms with E-state index in [0.717, 1.165) is 29.3 Å². The predicted octanol–water partition coefficient (Wildman–Crippen LogP) is 2.09. The van der Waals surface area contributed by atoms with Gasteiger partial charge in [0.2, 0.25) is 0 Å². The number of H-pyrrole nitrogens is 1. The molecule has 5 nitrogen and oxygen atoms in total. The highest BCUT2D eigenvalue weighted by molar-refractivity contribution is 5.79. The number of hydrogen-bond donors (Lipinski definition) is 3. The lowest BCUT2D eigenvalue weighted by atomic mass is 10.1. The zero-order chi connectivity index (χ0) is 15.2. The molecule has 1 aromatic heterocycles. The third-order valence-electron chi connectivity index (χ3n) is 3.33. The van der Waals surface area contributed by atoms with Crippen LogP contribution in [0.2, 0.25) is 0 Å². The Hall–Kier alpha value is -2.30. The molecule has 0 bridgehead atoms. The van der Waals surface area contributed by atoms with E-state index in [9.17, 15) is 9.59 Å². The van der Waals surface area contributed by atoms with Crippen LogP contribution in [0.5, 0.6) is 0 Å². The molecule has 1 heterocycles. The van der Waals surface area contributed by atoms with Crippen molar-refractivity contribution in [3.8, 4) is 0 Å². The van der Waals surface area contributed by atoms with Gasteiger partial charge in [-0.15, -0.1) is 0 Å². The SMILES string of the molecule is CCCNC(=O)NCCc1ccc2[nH]c(=O)c(C)cc2c1. The number of carbonyl (C=O) groups excluding carboxylic acids is 1. The molecule has 0 spiro atoms. The monoisotopic (exact) mass is 287 g/mol. The van der Waals surface area contributed by atoms with E-state index in [4.69, 9.17) is 0 Å². The summed E-state index contributed by atoms with van der Waals surface area (Å²) < 4.78 is 0. The fourth-order valence-corrected chi connectivity index (χ4v) is 2.14. The number of pyridine rings is 1. The van der Waals surface area contributed by atoms with Gasteiger partial charge in [-0.3, -0.25) is 4.79 Å². The number of aromatic nitrogens is 1. The molecule has 2 amide bonds. The molecule has 3 N–H and O–H groups in total. The van der Waals surface area contributed by atoms with Crippen LogP contribution >= 0.6 is 0 Å². The molecule has 0 aliphatic carbocycles. The van der Waals surface area contributed by atoms with Crippen LogP contribution in [0, 0.1) is 6.92 Å². The van der Waals surface area contributed by atoms with Crippen molar-refractivity contribution in [3.05, 3.63) is 45.7 Å². The number of nitrogens with one attached hydrogen (secondary N) is 3. The van der Waals surface area contributed by atoms with E-state index in [1.54, 1.807) is 6.92 Å². The first-order valence-electron chi connectivity index (χ1n) is 7.24. The minimum absolute atomic E-state index is 0.0514. The highest BCUT2D eigenvalue weighted by atomic mass is 16.2. The summed E-state index contributed by atoms with van der Waals surface area (Å²) >= 11 is 0. The Bertz CT molecular complexity index is 691. The molecule has 0 saturated carbocycles. The Kier molecular flexibility index (Phi) is 4.98. The first-order chi connectivity index (χ1) is 10.1. The van der Waals surface area contributed by atoms with Crippen LogP contribution in [0.4, 0.5) is 4.79 Å². The van der Waals surface area contributed by atoms with Crippen molar-refractivity contribution in [2.75, 3.05) is 13.1 Å². The number of carbonyl (C=O) groups is 1. The van der Waals surface area contributed by atoms with Crippen LogP contribution in [0.1, 0.15) is 24.5 Å². The van der Waals surface area contributed by atoms with Crippen LogP contribution in [0.3, 0.4) is 0 Å². The molecule has 5 heteroatoms. The standard InChI is InChI=1S/C16H21N3O2/c1-3-7-17-16(21)18-8-6-12-4-5-14-13(10-12)9-11(2)15(20)19-14/h4-5,9-10H,3,6-8H2,1-2H3,(H,19,20)(H2,17,18,21). The van der Waals surface area contributed by atoms with Crippen molar-refractivity contribution < 1.29 is 4.79 Å². The molecular formula is C16H21N3O2. The molecule has 0 saturated heterocycles. The molecular weight excluding hydrogens is 266 g/mol. The third-order valence-corrected chi connectivity index (χ3v) is 3.33.